The molecule has 0 bridgehead atoms. The first-order chi connectivity index (χ1) is 13.7. The van der Waals surface area contributed by atoms with Gasteiger partial charge in [-0.1, -0.05) is 42.3 Å². The number of piperidine rings is 1. The molecule has 1 amide bonds. The van der Waals surface area contributed by atoms with Gasteiger partial charge in [0, 0.05) is 17.6 Å². The fraction of sp³-hybridized carbons (Fsp3) is 0.348. The van der Waals surface area contributed by atoms with Crippen LogP contribution in [0.2, 0.25) is 5.02 Å². The van der Waals surface area contributed by atoms with Crippen molar-refractivity contribution < 1.29 is 9.53 Å². The van der Waals surface area contributed by atoms with E-state index in [1.54, 1.807) is 19.3 Å². The van der Waals surface area contributed by atoms with Crippen LogP contribution in [0.5, 0.6) is 5.75 Å². The molecule has 0 unspecified atom stereocenters. The standard InChI is InChI=1S/C23H27ClN2O2/c1-28-21-11-9-19(10-12-21)22(26-14-3-2-4-15-26)17-25-23(27)13-8-18-6-5-7-20(24)16-18/h5-13,16,22H,2-4,14-15,17H2,1H3,(H,25,27)/b13-8+/t22-/m0/s1. The van der Waals surface area contributed by atoms with Crippen molar-refractivity contribution in [2.24, 2.45) is 0 Å². The molecule has 1 heterocycles. The fourth-order valence-electron chi connectivity index (χ4n) is 3.55. The number of likely N-dealkylation sites (tertiary alicyclic amines) is 1. The smallest absolute Gasteiger partial charge is 0.244 e. The lowest BCUT2D eigenvalue weighted by molar-refractivity contribution is -0.116. The number of rotatable bonds is 7. The summed E-state index contributed by atoms with van der Waals surface area (Å²) in [6, 6.07) is 15.7. The number of carbonyl (C=O) groups excluding carboxylic acids is 1. The number of methoxy groups -OCH3 is 1. The van der Waals surface area contributed by atoms with E-state index in [9.17, 15) is 4.79 Å². The molecular formula is C23H27ClN2O2. The lowest BCUT2D eigenvalue weighted by atomic mass is 10.0. The number of hydrogen-bond acceptors (Lipinski definition) is 3. The molecule has 2 aromatic rings. The van der Waals surface area contributed by atoms with Crippen molar-refractivity contribution in [2.45, 2.75) is 25.3 Å². The van der Waals surface area contributed by atoms with Crippen molar-refractivity contribution in [1.29, 1.82) is 0 Å². The van der Waals surface area contributed by atoms with Gasteiger partial charge in [-0.25, -0.2) is 0 Å². The zero-order valence-electron chi connectivity index (χ0n) is 16.2. The quantitative estimate of drug-likeness (QED) is 0.687. The Morgan fingerprint density at radius 2 is 1.93 bits per heavy atom. The Hall–Kier alpha value is -2.30. The molecule has 0 aromatic heterocycles. The lowest BCUT2D eigenvalue weighted by Crippen LogP contribution is -2.40. The first-order valence-electron chi connectivity index (χ1n) is 9.75. The van der Waals surface area contributed by atoms with Crippen molar-refractivity contribution in [1.82, 2.24) is 10.2 Å². The molecule has 28 heavy (non-hydrogen) atoms. The third-order valence-electron chi connectivity index (χ3n) is 5.08. The van der Waals surface area contributed by atoms with E-state index in [4.69, 9.17) is 16.3 Å². The predicted molar refractivity (Wildman–Crippen MR) is 115 cm³/mol. The zero-order valence-corrected chi connectivity index (χ0v) is 17.0. The van der Waals surface area contributed by atoms with Crippen LogP contribution >= 0.6 is 11.6 Å². The normalized spacial score (nSPS) is 16.1. The Kier molecular flexibility index (Phi) is 7.52. The number of benzene rings is 2. The summed E-state index contributed by atoms with van der Waals surface area (Å²) in [6.45, 7) is 2.70. The summed E-state index contributed by atoms with van der Waals surface area (Å²) in [5.41, 5.74) is 2.10. The number of nitrogens with one attached hydrogen (secondary N) is 1. The summed E-state index contributed by atoms with van der Waals surface area (Å²) in [5, 5.41) is 3.72. The maximum Gasteiger partial charge on any atom is 0.244 e. The van der Waals surface area contributed by atoms with Crippen LogP contribution in [0.25, 0.3) is 6.08 Å². The van der Waals surface area contributed by atoms with Crippen molar-refractivity contribution in [3.05, 3.63) is 70.8 Å². The van der Waals surface area contributed by atoms with Gasteiger partial charge in [-0.05, 0) is 67.4 Å². The van der Waals surface area contributed by atoms with Crippen LogP contribution in [0.4, 0.5) is 0 Å². The third-order valence-corrected chi connectivity index (χ3v) is 5.31. The Morgan fingerprint density at radius 1 is 1.18 bits per heavy atom. The van der Waals surface area contributed by atoms with Crippen LogP contribution < -0.4 is 10.1 Å². The second-order valence-electron chi connectivity index (χ2n) is 7.02. The number of nitrogens with zero attached hydrogens (tertiary/aromatic N) is 1. The molecule has 1 aliphatic heterocycles. The number of hydrogen-bond donors (Lipinski definition) is 1. The van der Waals surface area contributed by atoms with E-state index in [1.165, 1.54) is 24.8 Å². The van der Waals surface area contributed by atoms with Gasteiger partial charge in [0.15, 0.2) is 0 Å². The van der Waals surface area contributed by atoms with Crippen molar-refractivity contribution >= 4 is 23.6 Å². The summed E-state index contributed by atoms with van der Waals surface area (Å²) < 4.78 is 5.27. The van der Waals surface area contributed by atoms with Crippen LogP contribution in [0.1, 0.15) is 36.4 Å². The molecule has 0 spiro atoms. The molecule has 0 aliphatic carbocycles. The number of ether oxygens (including phenoxy) is 1. The first kappa shape index (κ1) is 20.4. The third kappa shape index (κ3) is 5.85. The van der Waals surface area contributed by atoms with E-state index >= 15 is 0 Å². The van der Waals surface area contributed by atoms with Crippen LogP contribution in [0, 0.1) is 0 Å². The highest BCUT2D eigenvalue weighted by atomic mass is 35.5. The molecular weight excluding hydrogens is 372 g/mol. The highest BCUT2D eigenvalue weighted by Gasteiger charge is 2.22. The minimum absolute atomic E-state index is 0.101. The Morgan fingerprint density at radius 3 is 2.61 bits per heavy atom. The molecule has 1 atom stereocenters. The van der Waals surface area contributed by atoms with Crippen LogP contribution in [-0.4, -0.2) is 37.6 Å². The van der Waals surface area contributed by atoms with Crippen LogP contribution in [-0.2, 0) is 4.79 Å². The minimum Gasteiger partial charge on any atom is -0.497 e. The molecule has 1 N–H and O–H groups in total. The van der Waals surface area contributed by atoms with E-state index in [-0.39, 0.29) is 11.9 Å². The van der Waals surface area contributed by atoms with E-state index in [2.05, 4.69) is 22.3 Å². The largest absolute Gasteiger partial charge is 0.497 e. The first-order valence-corrected chi connectivity index (χ1v) is 10.1. The average Bonchev–Trinajstić information content (AvgIpc) is 2.74. The second kappa shape index (κ2) is 10.3. The molecule has 1 fully saturated rings. The zero-order chi connectivity index (χ0) is 19.8. The molecule has 1 saturated heterocycles. The molecule has 2 aromatic carbocycles. The molecule has 4 nitrogen and oxygen atoms in total. The van der Waals surface area contributed by atoms with Crippen molar-refractivity contribution in [3.8, 4) is 5.75 Å². The Labute approximate surface area is 172 Å². The van der Waals surface area contributed by atoms with Gasteiger partial charge in [-0.15, -0.1) is 0 Å². The fourth-order valence-corrected chi connectivity index (χ4v) is 3.75. The number of halogens is 1. The SMILES string of the molecule is COc1ccc([C@H](CNC(=O)/C=C/c2cccc(Cl)c2)N2CCCCC2)cc1. The van der Waals surface area contributed by atoms with Gasteiger partial charge in [0.2, 0.25) is 5.91 Å². The van der Waals surface area contributed by atoms with Gasteiger partial charge in [-0.2, -0.15) is 0 Å². The summed E-state index contributed by atoms with van der Waals surface area (Å²) in [7, 11) is 1.67. The maximum absolute atomic E-state index is 12.4. The van der Waals surface area contributed by atoms with E-state index in [0.29, 0.717) is 11.6 Å². The average molecular weight is 399 g/mol. The summed E-state index contributed by atoms with van der Waals surface area (Å²) in [6.07, 6.45) is 7.03. The van der Waals surface area contributed by atoms with Crippen LogP contribution in [0.3, 0.4) is 0 Å². The second-order valence-corrected chi connectivity index (χ2v) is 7.46. The van der Waals surface area contributed by atoms with E-state index in [1.807, 2.05) is 36.4 Å². The van der Waals surface area contributed by atoms with Crippen molar-refractivity contribution in [3.63, 3.8) is 0 Å². The number of carbonyl (C=O) groups is 1. The van der Waals surface area contributed by atoms with E-state index < -0.39 is 0 Å². The molecule has 3 rings (SSSR count). The predicted octanol–water partition coefficient (Wildman–Crippen LogP) is 4.71. The minimum atomic E-state index is -0.101. The van der Waals surface area contributed by atoms with Crippen LogP contribution in [0.15, 0.2) is 54.6 Å². The maximum atomic E-state index is 12.4. The molecule has 1 aliphatic rings. The molecule has 0 radical (unpaired) electrons. The summed E-state index contributed by atoms with van der Waals surface area (Å²) in [5.74, 6) is 0.741. The molecule has 0 saturated carbocycles. The van der Waals surface area contributed by atoms with Gasteiger partial charge >= 0.3 is 0 Å². The van der Waals surface area contributed by atoms with Gasteiger partial charge < -0.3 is 10.1 Å². The monoisotopic (exact) mass is 398 g/mol. The molecule has 148 valence electrons. The van der Waals surface area contributed by atoms with Gasteiger partial charge in [-0.3, -0.25) is 9.69 Å². The van der Waals surface area contributed by atoms with Gasteiger partial charge in [0.05, 0.1) is 13.2 Å². The van der Waals surface area contributed by atoms with E-state index in [0.717, 1.165) is 24.4 Å². The summed E-state index contributed by atoms with van der Waals surface area (Å²) >= 11 is 5.99. The van der Waals surface area contributed by atoms with Gasteiger partial charge in [0.1, 0.15) is 5.75 Å². The highest BCUT2D eigenvalue weighted by Crippen LogP contribution is 2.26. The lowest BCUT2D eigenvalue weighted by Gasteiger charge is -2.35. The Balaban J connectivity index is 1.65. The highest BCUT2D eigenvalue weighted by molar-refractivity contribution is 6.30. The number of amides is 1. The molecule has 5 heteroatoms. The Bertz CT molecular complexity index is 799. The van der Waals surface area contributed by atoms with Gasteiger partial charge in [0.25, 0.3) is 0 Å². The summed E-state index contributed by atoms with van der Waals surface area (Å²) in [4.78, 5) is 14.8. The van der Waals surface area contributed by atoms with Crippen molar-refractivity contribution in [2.75, 3.05) is 26.7 Å². The topological polar surface area (TPSA) is 41.6 Å².